The SMILES string of the molecule is N#Cc1ccc(N2CCN(C(=O)C3CCOCC3)CC2)cc1. The van der Waals surface area contributed by atoms with E-state index in [1.807, 2.05) is 29.2 Å². The van der Waals surface area contributed by atoms with Crippen molar-refractivity contribution in [2.75, 3.05) is 44.3 Å². The number of nitrogens with zero attached hydrogens (tertiary/aromatic N) is 3. The van der Waals surface area contributed by atoms with E-state index < -0.39 is 0 Å². The molecule has 5 heteroatoms. The Morgan fingerprint density at radius 2 is 1.73 bits per heavy atom. The smallest absolute Gasteiger partial charge is 0.225 e. The van der Waals surface area contributed by atoms with Crippen LogP contribution in [0.3, 0.4) is 0 Å². The van der Waals surface area contributed by atoms with Gasteiger partial charge in [0.15, 0.2) is 0 Å². The lowest BCUT2D eigenvalue weighted by Gasteiger charge is -2.38. The number of ether oxygens (including phenoxy) is 1. The molecular weight excluding hydrogens is 278 g/mol. The van der Waals surface area contributed by atoms with Crippen molar-refractivity contribution in [3.05, 3.63) is 29.8 Å². The second kappa shape index (κ2) is 6.80. The monoisotopic (exact) mass is 299 g/mol. The normalized spacial score (nSPS) is 19.8. The van der Waals surface area contributed by atoms with Crippen LogP contribution < -0.4 is 4.90 Å². The summed E-state index contributed by atoms with van der Waals surface area (Å²) in [6.45, 7) is 4.66. The maximum atomic E-state index is 12.5. The van der Waals surface area contributed by atoms with Crippen molar-refractivity contribution >= 4 is 11.6 Å². The third-order valence-corrected chi connectivity index (χ3v) is 4.52. The molecule has 2 heterocycles. The van der Waals surface area contributed by atoms with Crippen LogP contribution in [0, 0.1) is 17.2 Å². The number of rotatable bonds is 2. The molecule has 1 aromatic rings. The van der Waals surface area contributed by atoms with Crippen LogP contribution in [0.1, 0.15) is 18.4 Å². The summed E-state index contributed by atoms with van der Waals surface area (Å²) in [5, 5.41) is 8.84. The number of nitriles is 1. The average Bonchev–Trinajstić information content (AvgIpc) is 2.62. The summed E-state index contributed by atoms with van der Waals surface area (Å²) in [6, 6.07) is 9.78. The molecule has 116 valence electrons. The standard InChI is InChI=1S/C17H21N3O2/c18-13-14-1-3-16(4-2-14)19-7-9-20(10-8-19)17(21)15-5-11-22-12-6-15/h1-4,15H,5-12H2. The van der Waals surface area contributed by atoms with Gasteiger partial charge in [0.2, 0.25) is 5.91 Å². The van der Waals surface area contributed by atoms with Crippen LogP contribution >= 0.6 is 0 Å². The minimum absolute atomic E-state index is 0.148. The highest BCUT2D eigenvalue weighted by atomic mass is 16.5. The first-order valence-electron chi connectivity index (χ1n) is 7.89. The Balaban J connectivity index is 1.55. The summed E-state index contributed by atoms with van der Waals surface area (Å²) in [5.74, 6) is 0.443. The molecule has 0 radical (unpaired) electrons. The molecule has 0 aliphatic carbocycles. The summed E-state index contributed by atoms with van der Waals surface area (Å²) in [6.07, 6.45) is 1.71. The van der Waals surface area contributed by atoms with Gasteiger partial charge in [0.05, 0.1) is 11.6 Å². The fourth-order valence-electron chi connectivity index (χ4n) is 3.13. The van der Waals surface area contributed by atoms with Gasteiger partial charge >= 0.3 is 0 Å². The number of amides is 1. The first-order chi connectivity index (χ1) is 10.8. The van der Waals surface area contributed by atoms with Gasteiger partial charge in [-0.1, -0.05) is 0 Å². The molecule has 2 fully saturated rings. The summed E-state index contributed by atoms with van der Waals surface area (Å²) < 4.78 is 5.33. The quantitative estimate of drug-likeness (QED) is 0.833. The van der Waals surface area contributed by atoms with Crippen molar-refractivity contribution < 1.29 is 9.53 Å². The van der Waals surface area contributed by atoms with Gasteiger partial charge in [-0.25, -0.2) is 0 Å². The molecular formula is C17H21N3O2. The predicted molar refractivity (Wildman–Crippen MR) is 83.5 cm³/mol. The topological polar surface area (TPSA) is 56.6 Å². The molecule has 1 amide bonds. The summed E-state index contributed by atoms with van der Waals surface area (Å²) >= 11 is 0. The van der Waals surface area contributed by atoms with Crippen LogP contribution in [0.4, 0.5) is 5.69 Å². The van der Waals surface area contributed by atoms with E-state index in [9.17, 15) is 4.79 Å². The highest BCUT2D eigenvalue weighted by Crippen LogP contribution is 2.21. The van der Waals surface area contributed by atoms with Crippen molar-refractivity contribution in [1.82, 2.24) is 4.90 Å². The van der Waals surface area contributed by atoms with Crippen LogP contribution in [0.25, 0.3) is 0 Å². The number of carbonyl (C=O) groups is 1. The molecule has 5 nitrogen and oxygen atoms in total. The lowest BCUT2D eigenvalue weighted by atomic mass is 9.98. The molecule has 0 N–H and O–H groups in total. The number of piperazine rings is 1. The predicted octanol–water partition coefficient (Wildman–Crippen LogP) is 1.63. The second-order valence-electron chi connectivity index (χ2n) is 5.86. The molecule has 2 saturated heterocycles. The van der Waals surface area contributed by atoms with Crippen molar-refractivity contribution in [3.63, 3.8) is 0 Å². The number of carbonyl (C=O) groups excluding carboxylic acids is 1. The van der Waals surface area contributed by atoms with E-state index in [4.69, 9.17) is 10.00 Å². The Kier molecular flexibility index (Phi) is 4.59. The van der Waals surface area contributed by atoms with Crippen molar-refractivity contribution in [2.24, 2.45) is 5.92 Å². The molecule has 0 bridgehead atoms. The maximum absolute atomic E-state index is 12.5. The molecule has 22 heavy (non-hydrogen) atoms. The Morgan fingerprint density at radius 1 is 1.09 bits per heavy atom. The molecule has 0 aromatic heterocycles. The van der Waals surface area contributed by atoms with Gasteiger partial charge < -0.3 is 14.5 Å². The Morgan fingerprint density at radius 3 is 2.32 bits per heavy atom. The van der Waals surface area contributed by atoms with Gasteiger partial charge in [0, 0.05) is 51.0 Å². The largest absolute Gasteiger partial charge is 0.381 e. The zero-order valence-electron chi connectivity index (χ0n) is 12.7. The van der Waals surface area contributed by atoms with Crippen LogP contribution in [-0.4, -0.2) is 50.2 Å². The Labute approximate surface area is 131 Å². The first kappa shape index (κ1) is 14.9. The number of benzene rings is 1. The zero-order chi connectivity index (χ0) is 15.4. The van der Waals surface area contributed by atoms with Crippen molar-refractivity contribution in [2.45, 2.75) is 12.8 Å². The van der Waals surface area contributed by atoms with E-state index in [1.165, 1.54) is 0 Å². The molecule has 2 aliphatic rings. The summed E-state index contributed by atoms with van der Waals surface area (Å²) in [5.41, 5.74) is 1.80. The molecule has 0 spiro atoms. The third kappa shape index (κ3) is 3.23. The lowest BCUT2D eigenvalue weighted by molar-refractivity contribution is -0.138. The fourth-order valence-corrected chi connectivity index (χ4v) is 3.13. The summed E-state index contributed by atoms with van der Waals surface area (Å²) in [7, 11) is 0. The van der Waals surface area contributed by atoms with Crippen LogP contribution in [0.5, 0.6) is 0 Å². The Hall–Kier alpha value is -2.06. The van der Waals surface area contributed by atoms with Gasteiger partial charge in [0.25, 0.3) is 0 Å². The van der Waals surface area contributed by atoms with Gasteiger partial charge in [-0.3, -0.25) is 4.79 Å². The number of hydrogen-bond donors (Lipinski definition) is 0. The minimum atomic E-state index is 0.148. The van der Waals surface area contributed by atoms with Crippen LogP contribution in [0.15, 0.2) is 24.3 Å². The molecule has 0 saturated carbocycles. The molecule has 0 unspecified atom stereocenters. The van der Waals surface area contributed by atoms with Gasteiger partial charge in [-0.2, -0.15) is 5.26 Å². The van der Waals surface area contributed by atoms with E-state index in [0.717, 1.165) is 44.7 Å². The maximum Gasteiger partial charge on any atom is 0.225 e. The van der Waals surface area contributed by atoms with Crippen LogP contribution in [0.2, 0.25) is 0 Å². The molecule has 2 aliphatic heterocycles. The van der Waals surface area contributed by atoms with Crippen molar-refractivity contribution in [3.8, 4) is 6.07 Å². The molecule has 3 rings (SSSR count). The van der Waals surface area contributed by atoms with E-state index >= 15 is 0 Å². The highest BCUT2D eigenvalue weighted by molar-refractivity contribution is 5.79. The van der Waals surface area contributed by atoms with E-state index in [1.54, 1.807) is 0 Å². The zero-order valence-corrected chi connectivity index (χ0v) is 12.7. The van der Waals surface area contributed by atoms with E-state index in [-0.39, 0.29) is 5.92 Å². The van der Waals surface area contributed by atoms with Gasteiger partial charge in [0.1, 0.15) is 0 Å². The Bertz CT molecular complexity index is 550. The third-order valence-electron chi connectivity index (χ3n) is 4.52. The number of anilines is 1. The summed E-state index contributed by atoms with van der Waals surface area (Å²) in [4.78, 5) is 16.8. The highest BCUT2D eigenvalue weighted by Gasteiger charge is 2.28. The molecule has 0 atom stereocenters. The lowest BCUT2D eigenvalue weighted by Crippen LogP contribution is -2.51. The number of hydrogen-bond acceptors (Lipinski definition) is 4. The van der Waals surface area contributed by atoms with Gasteiger partial charge in [-0.05, 0) is 37.1 Å². The molecule has 1 aromatic carbocycles. The van der Waals surface area contributed by atoms with E-state index in [2.05, 4.69) is 11.0 Å². The first-order valence-corrected chi connectivity index (χ1v) is 7.89. The van der Waals surface area contributed by atoms with E-state index in [0.29, 0.717) is 24.7 Å². The minimum Gasteiger partial charge on any atom is -0.381 e. The van der Waals surface area contributed by atoms with Crippen LogP contribution in [-0.2, 0) is 9.53 Å². The van der Waals surface area contributed by atoms with Gasteiger partial charge in [-0.15, -0.1) is 0 Å². The van der Waals surface area contributed by atoms with Crippen molar-refractivity contribution in [1.29, 1.82) is 5.26 Å². The second-order valence-corrected chi connectivity index (χ2v) is 5.86. The average molecular weight is 299 g/mol. The fraction of sp³-hybridized carbons (Fsp3) is 0.529.